The van der Waals surface area contributed by atoms with Gasteiger partial charge in [-0.2, -0.15) is 0 Å². The molecule has 2 N–H and O–H groups in total. The van der Waals surface area contributed by atoms with Crippen molar-refractivity contribution < 1.29 is 4.74 Å². The van der Waals surface area contributed by atoms with E-state index in [0.29, 0.717) is 5.82 Å². The van der Waals surface area contributed by atoms with E-state index in [0.717, 1.165) is 29.6 Å². The number of rotatable bonds is 6. The van der Waals surface area contributed by atoms with Gasteiger partial charge >= 0.3 is 0 Å². The molecule has 1 heterocycles. The Kier molecular flexibility index (Phi) is 4.91. The van der Waals surface area contributed by atoms with Crippen molar-refractivity contribution in [1.82, 2.24) is 9.97 Å². The SMILES string of the molecule is COc1ccc(Nc2cc(NCc3ccccc3)nc(C)n2)cc1. The Balaban J connectivity index is 1.70. The van der Waals surface area contributed by atoms with Crippen LogP contribution in [0.1, 0.15) is 11.4 Å². The normalized spacial score (nSPS) is 10.2. The van der Waals surface area contributed by atoms with Crippen molar-refractivity contribution in [3.8, 4) is 5.75 Å². The molecule has 0 bridgehead atoms. The molecule has 0 atom stereocenters. The van der Waals surface area contributed by atoms with Gasteiger partial charge in [0.25, 0.3) is 0 Å². The highest BCUT2D eigenvalue weighted by Gasteiger charge is 2.03. The largest absolute Gasteiger partial charge is 0.497 e. The first kappa shape index (κ1) is 15.8. The smallest absolute Gasteiger partial charge is 0.136 e. The quantitative estimate of drug-likeness (QED) is 0.714. The van der Waals surface area contributed by atoms with Crippen LogP contribution in [0.5, 0.6) is 5.75 Å². The van der Waals surface area contributed by atoms with Gasteiger partial charge in [0.2, 0.25) is 0 Å². The summed E-state index contributed by atoms with van der Waals surface area (Å²) in [7, 11) is 1.65. The van der Waals surface area contributed by atoms with Crippen molar-refractivity contribution in [3.63, 3.8) is 0 Å². The molecule has 0 aliphatic carbocycles. The Morgan fingerprint density at radius 1 is 0.917 bits per heavy atom. The van der Waals surface area contributed by atoms with Gasteiger partial charge in [0, 0.05) is 18.3 Å². The third kappa shape index (κ3) is 4.23. The predicted octanol–water partition coefficient (Wildman–Crippen LogP) is 4.15. The standard InChI is InChI=1S/C19H20N4O/c1-14-21-18(20-13-15-6-4-3-5-7-15)12-19(22-14)23-16-8-10-17(24-2)11-9-16/h3-12H,13H2,1-2H3,(H2,20,21,22,23). The Morgan fingerprint density at radius 2 is 1.62 bits per heavy atom. The fourth-order valence-corrected chi connectivity index (χ4v) is 2.33. The van der Waals surface area contributed by atoms with Crippen molar-refractivity contribution in [3.05, 3.63) is 72.1 Å². The van der Waals surface area contributed by atoms with Crippen LogP contribution in [0.4, 0.5) is 17.3 Å². The van der Waals surface area contributed by atoms with E-state index in [2.05, 4.69) is 32.7 Å². The first-order chi connectivity index (χ1) is 11.7. The van der Waals surface area contributed by atoms with Crippen LogP contribution in [-0.2, 0) is 6.54 Å². The van der Waals surface area contributed by atoms with Crippen LogP contribution >= 0.6 is 0 Å². The van der Waals surface area contributed by atoms with Gasteiger partial charge in [0.05, 0.1) is 7.11 Å². The zero-order valence-corrected chi connectivity index (χ0v) is 13.8. The highest BCUT2D eigenvalue weighted by Crippen LogP contribution is 2.20. The molecule has 0 spiro atoms. The van der Waals surface area contributed by atoms with Crippen molar-refractivity contribution >= 4 is 17.3 Å². The number of hydrogen-bond acceptors (Lipinski definition) is 5. The topological polar surface area (TPSA) is 59.1 Å². The highest BCUT2D eigenvalue weighted by atomic mass is 16.5. The number of benzene rings is 2. The van der Waals surface area contributed by atoms with Crippen molar-refractivity contribution in [2.24, 2.45) is 0 Å². The Labute approximate surface area is 141 Å². The average molecular weight is 320 g/mol. The van der Waals surface area contributed by atoms with Crippen molar-refractivity contribution in [2.45, 2.75) is 13.5 Å². The molecule has 0 unspecified atom stereocenters. The molecule has 0 radical (unpaired) electrons. The molecular weight excluding hydrogens is 300 g/mol. The van der Waals surface area contributed by atoms with Gasteiger partial charge in [0.1, 0.15) is 23.2 Å². The average Bonchev–Trinajstić information content (AvgIpc) is 2.61. The Bertz CT molecular complexity index is 788. The first-order valence-corrected chi connectivity index (χ1v) is 7.77. The number of hydrogen-bond donors (Lipinski definition) is 2. The van der Waals surface area contributed by atoms with E-state index in [-0.39, 0.29) is 0 Å². The third-order valence-electron chi connectivity index (χ3n) is 3.52. The third-order valence-corrected chi connectivity index (χ3v) is 3.52. The summed E-state index contributed by atoms with van der Waals surface area (Å²) in [6.07, 6.45) is 0. The second-order valence-electron chi connectivity index (χ2n) is 5.38. The highest BCUT2D eigenvalue weighted by molar-refractivity contribution is 5.60. The number of ether oxygens (including phenoxy) is 1. The summed E-state index contributed by atoms with van der Waals surface area (Å²) in [4.78, 5) is 8.87. The maximum absolute atomic E-state index is 5.17. The lowest BCUT2D eigenvalue weighted by atomic mass is 10.2. The van der Waals surface area contributed by atoms with Gasteiger partial charge in [-0.05, 0) is 36.8 Å². The summed E-state index contributed by atoms with van der Waals surface area (Å²) >= 11 is 0. The van der Waals surface area contributed by atoms with Gasteiger partial charge < -0.3 is 15.4 Å². The molecule has 0 saturated carbocycles. The Morgan fingerprint density at radius 3 is 2.33 bits per heavy atom. The molecule has 0 aliphatic rings. The molecule has 3 aromatic rings. The summed E-state index contributed by atoms with van der Waals surface area (Å²) in [5, 5.41) is 6.62. The molecule has 0 saturated heterocycles. The van der Waals surface area contributed by atoms with E-state index < -0.39 is 0 Å². The van der Waals surface area contributed by atoms with Gasteiger partial charge in [-0.25, -0.2) is 9.97 Å². The maximum atomic E-state index is 5.17. The molecule has 5 heteroatoms. The van der Waals surface area contributed by atoms with Crippen LogP contribution in [-0.4, -0.2) is 17.1 Å². The number of nitrogens with one attached hydrogen (secondary N) is 2. The summed E-state index contributed by atoms with van der Waals surface area (Å²) < 4.78 is 5.17. The minimum absolute atomic E-state index is 0.712. The Hall–Kier alpha value is -3.08. The lowest BCUT2D eigenvalue weighted by Crippen LogP contribution is -2.05. The number of anilines is 3. The molecule has 2 aromatic carbocycles. The van der Waals surface area contributed by atoms with Crippen LogP contribution in [0.25, 0.3) is 0 Å². The fraction of sp³-hybridized carbons (Fsp3) is 0.158. The van der Waals surface area contributed by atoms with Gasteiger partial charge in [-0.3, -0.25) is 0 Å². The van der Waals surface area contributed by atoms with Crippen LogP contribution in [0, 0.1) is 6.92 Å². The van der Waals surface area contributed by atoms with E-state index in [1.165, 1.54) is 5.56 Å². The lowest BCUT2D eigenvalue weighted by Gasteiger charge is -2.11. The van der Waals surface area contributed by atoms with Crippen molar-refractivity contribution in [2.75, 3.05) is 17.7 Å². The van der Waals surface area contributed by atoms with Gasteiger partial charge in [0.15, 0.2) is 0 Å². The molecule has 1 aromatic heterocycles. The van der Waals surface area contributed by atoms with Crippen LogP contribution < -0.4 is 15.4 Å². The number of nitrogens with zero attached hydrogens (tertiary/aromatic N) is 2. The van der Waals surface area contributed by atoms with Gasteiger partial charge in [-0.1, -0.05) is 30.3 Å². The van der Waals surface area contributed by atoms with Crippen molar-refractivity contribution in [1.29, 1.82) is 0 Å². The molecular formula is C19H20N4O. The van der Waals surface area contributed by atoms with Gasteiger partial charge in [-0.15, -0.1) is 0 Å². The molecule has 3 rings (SSSR count). The van der Waals surface area contributed by atoms with E-state index in [1.54, 1.807) is 7.11 Å². The van der Waals surface area contributed by atoms with E-state index in [1.807, 2.05) is 55.5 Å². The van der Waals surface area contributed by atoms with Crippen LogP contribution in [0.3, 0.4) is 0 Å². The monoisotopic (exact) mass is 320 g/mol. The van der Waals surface area contributed by atoms with Crippen LogP contribution in [0.2, 0.25) is 0 Å². The van der Waals surface area contributed by atoms with E-state index in [9.17, 15) is 0 Å². The number of methoxy groups -OCH3 is 1. The summed E-state index contributed by atoms with van der Waals surface area (Å²) in [6.45, 7) is 2.60. The number of aryl methyl sites for hydroxylation is 1. The van der Waals surface area contributed by atoms with E-state index in [4.69, 9.17) is 4.74 Å². The molecule has 0 amide bonds. The molecule has 24 heavy (non-hydrogen) atoms. The zero-order valence-electron chi connectivity index (χ0n) is 13.8. The second kappa shape index (κ2) is 7.46. The first-order valence-electron chi connectivity index (χ1n) is 7.77. The lowest BCUT2D eigenvalue weighted by molar-refractivity contribution is 0.415. The minimum Gasteiger partial charge on any atom is -0.497 e. The molecule has 5 nitrogen and oxygen atoms in total. The summed E-state index contributed by atoms with van der Waals surface area (Å²) in [5.74, 6) is 3.08. The fourth-order valence-electron chi connectivity index (χ4n) is 2.33. The molecule has 0 fully saturated rings. The molecule has 0 aliphatic heterocycles. The molecule has 122 valence electrons. The van der Waals surface area contributed by atoms with Crippen LogP contribution in [0.15, 0.2) is 60.7 Å². The summed E-state index contributed by atoms with van der Waals surface area (Å²) in [5.41, 5.74) is 2.15. The second-order valence-corrected chi connectivity index (χ2v) is 5.38. The summed E-state index contributed by atoms with van der Waals surface area (Å²) in [6, 6.07) is 19.8. The maximum Gasteiger partial charge on any atom is 0.136 e. The minimum atomic E-state index is 0.712. The zero-order chi connectivity index (χ0) is 16.8. The van der Waals surface area contributed by atoms with E-state index >= 15 is 0 Å². The number of aromatic nitrogens is 2. The predicted molar refractivity (Wildman–Crippen MR) is 96.8 cm³/mol.